The number of hydrogen-bond acceptors (Lipinski definition) is 3. The van der Waals surface area contributed by atoms with E-state index < -0.39 is 5.41 Å². The lowest BCUT2D eigenvalue weighted by Crippen LogP contribution is -2.41. The molecule has 1 saturated heterocycles. The lowest BCUT2D eigenvalue weighted by molar-refractivity contribution is -0.122. The summed E-state index contributed by atoms with van der Waals surface area (Å²) in [6, 6.07) is 17.9. The van der Waals surface area contributed by atoms with Crippen LogP contribution in [0.15, 0.2) is 54.6 Å². The minimum Gasteiger partial charge on any atom is -0.494 e. The molecule has 1 atom stereocenters. The highest BCUT2D eigenvalue weighted by molar-refractivity contribution is 5.99. The van der Waals surface area contributed by atoms with E-state index in [-0.39, 0.29) is 5.91 Å². The normalized spacial score (nSPS) is 20.7. The van der Waals surface area contributed by atoms with E-state index in [9.17, 15) is 4.79 Å². The molecule has 0 radical (unpaired) electrons. The van der Waals surface area contributed by atoms with Gasteiger partial charge in [-0.3, -0.25) is 4.79 Å². The Morgan fingerprint density at radius 1 is 1.04 bits per heavy atom. The molecule has 0 saturated carbocycles. The second-order valence-corrected chi connectivity index (χ2v) is 7.15. The summed E-state index contributed by atoms with van der Waals surface area (Å²) in [6.45, 7) is 7.83. The molecule has 1 N–H and O–H groups in total. The molecule has 0 aromatic heterocycles. The molecule has 0 unspecified atom stereocenters. The van der Waals surface area contributed by atoms with Crippen molar-refractivity contribution in [3.05, 3.63) is 60.2 Å². The van der Waals surface area contributed by atoms with Crippen molar-refractivity contribution in [3.8, 4) is 5.75 Å². The van der Waals surface area contributed by atoms with E-state index >= 15 is 0 Å². The summed E-state index contributed by atoms with van der Waals surface area (Å²) in [6.07, 6.45) is 2.74. The van der Waals surface area contributed by atoms with Crippen LogP contribution in [0.1, 0.15) is 38.7 Å². The molecule has 3 rings (SSSR count). The Bertz CT molecular complexity index is 730. The number of amides is 1. The zero-order valence-corrected chi connectivity index (χ0v) is 16.4. The Kier molecular flexibility index (Phi) is 6.51. The van der Waals surface area contributed by atoms with Crippen molar-refractivity contribution in [3.63, 3.8) is 0 Å². The molecule has 0 spiro atoms. The lowest BCUT2D eigenvalue weighted by atomic mass is 9.73. The van der Waals surface area contributed by atoms with E-state index in [1.807, 2.05) is 49.4 Å². The Morgan fingerprint density at radius 3 is 2.44 bits per heavy atom. The molecule has 1 aliphatic heterocycles. The molecule has 144 valence electrons. The Morgan fingerprint density at radius 2 is 1.78 bits per heavy atom. The molecular weight excluding hydrogens is 336 g/mol. The summed E-state index contributed by atoms with van der Waals surface area (Å²) in [4.78, 5) is 15.9. The lowest BCUT2D eigenvalue weighted by Gasteiger charge is -2.32. The minimum atomic E-state index is -0.482. The predicted molar refractivity (Wildman–Crippen MR) is 110 cm³/mol. The van der Waals surface area contributed by atoms with Crippen LogP contribution < -0.4 is 10.1 Å². The SMILES string of the molecule is CCOc1ccc(NC(=O)[C@@]2(c3ccccc3)CCCN(CC)CC2)cc1. The Labute approximate surface area is 162 Å². The first-order chi connectivity index (χ1) is 13.2. The number of likely N-dealkylation sites (tertiary alicyclic amines) is 1. The Balaban J connectivity index is 1.85. The van der Waals surface area contributed by atoms with E-state index in [0.29, 0.717) is 6.61 Å². The highest BCUT2D eigenvalue weighted by Gasteiger charge is 2.41. The number of carbonyl (C=O) groups is 1. The predicted octanol–water partition coefficient (Wildman–Crippen LogP) is 4.47. The van der Waals surface area contributed by atoms with Crippen molar-refractivity contribution >= 4 is 11.6 Å². The van der Waals surface area contributed by atoms with Gasteiger partial charge in [0.2, 0.25) is 5.91 Å². The molecule has 1 aliphatic rings. The number of carbonyl (C=O) groups excluding carboxylic acids is 1. The molecule has 4 heteroatoms. The van der Waals surface area contributed by atoms with Gasteiger partial charge in [-0.15, -0.1) is 0 Å². The van der Waals surface area contributed by atoms with Gasteiger partial charge in [-0.05, 0) is 75.6 Å². The number of benzene rings is 2. The van der Waals surface area contributed by atoms with E-state index in [1.165, 1.54) is 0 Å². The molecule has 1 fully saturated rings. The maximum Gasteiger partial charge on any atom is 0.235 e. The molecule has 2 aromatic rings. The summed E-state index contributed by atoms with van der Waals surface area (Å²) in [7, 11) is 0. The van der Waals surface area contributed by atoms with Gasteiger partial charge in [0.05, 0.1) is 12.0 Å². The fraction of sp³-hybridized carbons (Fsp3) is 0.435. The zero-order valence-electron chi connectivity index (χ0n) is 16.4. The van der Waals surface area contributed by atoms with Crippen LogP contribution in [0.5, 0.6) is 5.75 Å². The number of ether oxygens (including phenoxy) is 1. The van der Waals surface area contributed by atoms with Crippen molar-refractivity contribution in [2.75, 3.05) is 31.6 Å². The van der Waals surface area contributed by atoms with Gasteiger partial charge in [-0.1, -0.05) is 37.3 Å². The second kappa shape index (κ2) is 9.05. The number of anilines is 1. The van der Waals surface area contributed by atoms with Crippen LogP contribution in [0.2, 0.25) is 0 Å². The van der Waals surface area contributed by atoms with E-state index in [4.69, 9.17) is 4.74 Å². The van der Waals surface area contributed by atoms with Crippen molar-refractivity contribution in [2.45, 2.75) is 38.5 Å². The summed E-state index contributed by atoms with van der Waals surface area (Å²) in [5, 5.41) is 3.17. The third-order valence-electron chi connectivity index (χ3n) is 5.56. The van der Waals surface area contributed by atoms with Gasteiger partial charge in [0, 0.05) is 5.69 Å². The number of hydrogen-bond donors (Lipinski definition) is 1. The van der Waals surface area contributed by atoms with E-state index in [0.717, 1.165) is 55.9 Å². The largest absolute Gasteiger partial charge is 0.494 e. The van der Waals surface area contributed by atoms with Gasteiger partial charge in [0.15, 0.2) is 0 Å². The molecule has 2 aromatic carbocycles. The standard InChI is InChI=1S/C23H30N2O2/c1-3-25-17-8-15-23(16-18-25,19-9-6-5-7-10-19)22(26)24-20-11-13-21(14-12-20)27-4-2/h5-7,9-14H,3-4,8,15-18H2,1-2H3,(H,24,26)/t23-/m0/s1. The van der Waals surface area contributed by atoms with Gasteiger partial charge < -0.3 is 15.0 Å². The van der Waals surface area contributed by atoms with Crippen LogP contribution in [0.3, 0.4) is 0 Å². The first-order valence-electron chi connectivity index (χ1n) is 10.00. The van der Waals surface area contributed by atoms with E-state index in [2.05, 4.69) is 29.3 Å². The summed E-state index contributed by atoms with van der Waals surface area (Å²) < 4.78 is 5.49. The smallest absolute Gasteiger partial charge is 0.235 e. The van der Waals surface area contributed by atoms with Crippen LogP contribution in [-0.2, 0) is 10.2 Å². The summed E-state index contributed by atoms with van der Waals surface area (Å²) in [5.74, 6) is 0.914. The zero-order chi connectivity index (χ0) is 19.1. The summed E-state index contributed by atoms with van der Waals surface area (Å²) in [5.41, 5.74) is 1.45. The van der Waals surface area contributed by atoms with Crippen LogP contribution in [0, 0.1) is 0 Å². The molecule has 1 heterocycles. The summed E-state index contributed by atoms with van der Waals surface area (Å²) >= 11 is 0. The molecule has 0 aliphatic carbocycles. The minimum absolute atomic E-state index is 0.0933. The van der Waals surface area contributed by atoms with Crippen molar-refractivity contribution in [1.29, 1.82) is 0 Å². The first-order valence-corrected chi connectivity index (χ1v) is 10.00. The van der Waals surface area contributed by atoms with Crippen molar-refractivity contribution in [2.24, 2.45) is 0 Å². The third-order valence-corrected chi connectivity index (χ3v) is 5.56. The van der Waals surface area contributed by atoms with Gasteiger partial charge >= 0.3 is 0 Å². The Hall–Kier alpha value is -2.33. The van der Waals surface area contributed by atoms with Crippen molar-refractivity contribution in [1.82, 2.24) is 4.90 Å². The van der Waals surface area contributed by atoms with Crippen LogP contribution in [0.4, 0.5) is 5.69 Å². The molecule has 1 amide bonds. The highest BCUT2D eigenvalue weighted by atomic mass is 16.5. The second-order valence-electron chi connectivity index (χ2n) is 7.15. The van der Waals surface area contributed by atoms with Crippen LogP contribution in [0.25, 0.3) is 0 Å². The molecule has 27 heavy (non-hydrogen) atoms. The van der Waals surface area contributed by atoms with Gasteiger partial charge in [0.25, 0.3) is 0 Å². The maximum absolute atomic E-state index is 13.5. The fourth-order valence-corrected chi connectivity index (χ4v) is 3.96. The highest BCUT2D eigenvalue weighted by Crippen LogP contribution is 2.37. The van der Waals surface area contributed by atoms with Crippen LogP contribution >= 0.6 is 0 Å². The van der Waals surface area contributed by atoms with Crippen LogP contribution in [-0.4, -0.2) is 37.0 Å². The fourth-order valence-electron chi connectivity index (χ4n) is 3.96. The monoisotopic (exact) mass is 366 g/mol. The average Bonchev–Trinajstić information content (AvgIpc) is 2.94. The number of rotatable bonds is 6. The third kappa shape index (κ3) is 4.51. The van der Waals surface area contributed by atoms with Gasteiger partial charge in [-0.2, -0.15) is 0 Å². The van der Waals surface area contributed by atoms with Gasteiger partial charge in [-0.25, -0.2) is 0 Å². The average molecular weight is 367 g/mol. The quantitative estimate of drug-likeness (QED) is 0.820. The molecular formula is C23H30N2O2. The molecule has 0 bridgehead atoms. The maximum atomic E-state index is 13.5. The first kappa shape index (κ1) is 19.4. The van der Waals surface area contributed by atoms with Gasteiger partial charge in [0.1, 0.15) is 5.75 Å². The number of nitrogens with one attached hydrogen (secondary N) is 1. The van der Waals surface area contributed by atoms with E-state index in [1.54, 1.807) is 0 Å². The number of nitrogens with zero attached hydrogens (tertiary/aromatic N) is 1. The topological polar surface area (TPSA) is 41.6 Å². The molecule has 4 nitrogen and oxygen atoms in total. The van der Waals surface area contributed by atoms with Crippen molar-refractivity contribution < 1.29 is 9.53 Å².